The molecule has 8 heteroatoms. The van der Waals surface area contributed by atoms with Gasteiger partial charge in [0, 0.05) is 26.0 Å². The average Bonchev–Trinajstić information content (AvgIpc) is 3.10. The monoisotopic (exact) mass is 308 g/mol. The van der Waals surface area contributed by atoms with Gasteiger partial charge in [0.2, 0.25) is 10.0 Å². The van der Waals surface area contributed by atoms with Gasteiger partial charge in [-0.15, -0.1) is 0 Å². The molecule has 0 spiro atoms. The van der Waals surface area contributed by atoms with Crippen LogP contribution in [0.5, 0.6) is 5.75 Å². The van der Waals surface area contributed by atoms with E-state index in [1.807, 2.05) is 6.07 Å². The van der Waals surface area contributed by atoms with Gasteiger partial charge in [-0.2, -0.15) is 9.40 Å². The summed E-state index contributed by atoms with van der Waals surface area (Å²) < 4.78 is 33.6. The summed E-state index contributed by atoms with van der Waals surface area (Å²) in [6.45, 7) is 0.786. The number of sulfonamides is 1. The lowest BCUT2D eigenvalue weighted by molar-refractivity contribution is 0.214. The van der Waals surface area contributed by atoms with Crippen molar-refractivity contribution in [2.75, 3.05) is 13.1 Å². The third-order valence-electron chi connectivity index (χ3n) is 3.36. The Bertz CT molecular complexity index is 714. The van der Waals surface area contributed by atoms with Crippen molar-refractivity contribution in [3.05, 3.63) is 36.9 Å². The van der Waals surface area contributed by atoms with Crippen molar-refractivity contribution in [2.45, 2.75) is 17.4 Å². The Labute approximate surface area is 123 Å². The highest BCUT2D eigenvalue weighted by molar-refractivity contribution is 7.89. The predicted octanol–water partition coefficient (Wildman–Crippen LogP) is 0.657. The van der Waals surface area contributed by atoms with Crippen molar-refractivity contribution in [3.63, 3.8) is 0 Å². The molecule has 2 aromatic rings. The zero-order valence-corrected chi connectivity index (χ0v) is 12.4. The summed E-state index contributed by atoms with van der Waals surface area (Å²) in [5, 5.41) is 3.91. The topological polar surface area (TPSA) is 77.3 Å². The Morgan fingerprint density at radius 1 is 1.38 bits per heavy atom. The van der Waals surface area contributed by atoms with Gasteiger partial charge in [0.25, 0.3) is 0 Å². The molecule has 3 rings (SSSR count). The van der Waals surface area contributed by atoms with Crippen LogP contribution < -0.4 is 4.74 Å². The highest BCUT2D eigenvalue weighted by Gasteiger charge is 2.34. The normalized spacial score (nSPS) is 19.8. The first-order valence-electron chi connectivity index (χ1n) is 6.61. The Hall–Kier alpha value is -1.93. The smallest absolute Gasteiger partial charge is 0.246 e. The molecule has 0 bridgehead atoms. The number of aryl methyl sites for hydroxylation is 1. The Morgan fingerprint density at radius 2 is 2.24 bits per heavy atom. The molecule has 1 aliphatic rings. The fourth-order valence-corrected chi connectivity index (χ4v) is 3.78. The summed E-state index contributed by atoms with van der Waals surface area (Å²) in [6, 6.07) is 3.60. The van der Waals surface area contributed by atoms with E-state index in [1.54, 1.807) is 25.5 Å². The summed E-state index contributed by atoms with van der Waals surface area (Å²) in [7, 11) is -1.80. The minimum absolute atomic E-state index is 0.152. The lowest BCUT2D eigenvalue weighted by atomic mass is 10.3. The van der Waals surface area contributed by atoms with Crippen molar-refractivity contribution >= 4 is 10.0 Å². The molecule has 0 radical (unpaired) electrons. The van der Waals surface area contributed by atoms with Gasteiger partial charge in [0.1, 0.15) is 16.7 Å². The molecule has 2 aromatic heterocycles. The van der Waals surface area contributed by atoms with Gasteiger partial charge < -0.3 is 4.74 Å². The fourth-order valence-electron chi connectivity index (χ4n) is 2.30. The predicted molar refractivity (Wildman–Crippen MR) is 75.2 cm³/mol. The lowest BCUT2D eigenvalue weighted by Crippen LogP contribution is -2.30. The van der Waals surface area contributed by atoms with Crippen LogP contribution in [0.1, 0.15) is 6.42 Å². The zero-order chi connectivity index (χ0) is 14.9. The number of hydrogen-bond acceptors (Lipinski definition) is 5. The lowest BCUT2D eigenvalue weighted by Gasteiger charge is -2.16. The molecule has 0 aromatic carbocycles. The van der Waals surface area contributed by atoms with E-state index in [0.29, 0.717) is 25.3 Å². The molecule has 0 saturated carbocycles. The molecule has 1 aliphatic heterocycles. The van der Waals surface area contributed by atoms with E-state index in [-0.39, 0.29) is 11.0 Å². The maximum absolute atomic E-state index is 12.5. The number of aromatic nitrogens is 3. The van der Waals surface area contributed by atoms with Crippen LogP contribution in [0.2, 0.25) is 0 Å². The van der Waals surface area contributed by atoms with Crippen LogP contribution in [-0.4, -0.2) is 46.7 Å². The van der Waals surface area contributed by atoms with Crippen molar-refractivity contribution in [1.29, 1.82) is 0 Å². The second kappa shape index (κ2) is 5.45. The molecule has 1 fully saturated rings. The van der Waals surface area contributed by atoms with E-state index in [1.165, 1.54) is 21.4 Å². The summed E-state index contributed by atoms with van der Waals surface area (Å²) in [5.41, 5.74) is 0. The summed E-state index contributed by atoms with van der Waals surface area (Å²) in [6.07, 6.45) is 6.67. The first-order valence-corrected chi connectivity index (χ1v) is 8.05. The number of pyridine rings is 1. The van der Waals surface area contributed by atoms with Crippen molar-refractivity contribution < 1.29 is 13.2 Å². The molecular weight excluding hydrogens is 292 g/mol. The molecule has 1 saturated heterocycles. The summed E-state index contributed by atoms with van der Waals surface area (Å²) >= 11 is 0. The van der Waals surface area contributed by atoms with Crippen LogP contribution in [-0.2, 0) is 17.1 Å². The van der Waals surface area contributed by atoms with Gasteiger partial charge in [-0.25, -0.2) is 8.42 Å². The van der Waals surface area contributed by atoms with Crippen LogP contribution in [0.3, 0.4) is 0 Å². The second-order valence-electron chi connectivity index (χ2n) is 4.93. The molecular formula is C13H16N4O3S. The van der Waals surface area contributed by atoms with E-state index in [0.717, 1.165) is 0 Å². The van der Waals surface area contributed by atoms with E-state index < -0.39 is 10.0 Å². The van der Waals surface area contributed by atoms with E-state index in [2.05, 4.69) is 10.1 Å². The number of rotatable bonds is 4. The molecule has 7 nitrogen and oxygen atoms in total. The van der Waals surface area contributed by atoms with Crippen LogP contribution in [0.15, 0.2) is 41.8 Å². The second-order valence-corrected chi connectivity index (χ2v) is 6.87. The highest BCUT2D eigenvalue weighted by Crippen LogP contribution is 2.23. The first kappa shape index (κ1) is 14.0. The number of nitrogens with zero attached hydrogens (tertiary/aromatic N) is 4. The molecule has 0 unspecified atom stereocenters. The van der Waals surface area contributed by atoms with Crippen molar-refractivity contribution in [1.82, 2.24) is 19.1 Å². The largest absolute Gasteiger partial charge is 0.487 e. The Balaban J connectivity index is 1.69. The minimum Gasteiger partial charge on any atom is -0.487 e. The SMILES string of the molecule is Cn1cc(S(=O)(=O)N2CC[C@H](Oc3cccnc3)C2)cn1. The number of hydrogen-bond donors (Lipinski definition) is 0. The van der Waals surface area contributed by atoms with Gasteiger partial charge in [-0.3, -0.25) is 9.67 Å². The molecule has 112 valence electrons. The average molecular weight is 308 g/mol. The van der Waals surface area contributed by atoms with Gasteiger partial charge in [0.05, 0.1) is 18.9 Å². The van der Waals surface area contributed by atoms with Crippen molar-refractivity contribution in [3.8, 4) is 5.75 Å². The molecule has 3 heterocycles. The Morgan fingerprint density at radius 3 is 2.90 bits per heavy atom. The van der Waals surface area contributed by atoms with Crippen LogP contribution in [0.4, 0.5) is 0 Å². The van der Waals surface area contributed by atoms with Crippen LogP contribution >= 0.6 is 0 Å². The summed E-state index contributed by atoms with van der Waals surface area (Å²) in [4.78, 5) is 4.19. The van der Waals surface area contributed by atoms with E-state index in [4.69, 9.17) is 4.74 Å². The Kier molecular flexibility index (Phi) is 3.64. The van der Waals surface area contributed by atoms with E-state index in [9.17, 15) is 8.42 Å². The van der Waals surface area contributed by atoms with Crippen LogP contribution in [0, 0.1) is 0 Å². The standard InChI is InChI=1S/C13H16N4O3S/c1-16-10-13(8-15-16)21(18,19)17-6-4-12(9-17)20-11-3-2-5-14-7-11/h2-3,5,7-8,10,12H,4,6,9H2,1H3/t12-/m0/s1. The van der Waals surface area contributed by atoms with Gasteiger partial charge in [-0.05, 0) is 18.6 Å². The van der Waals surface area contributed by atoms with Crippen molar-refractivity contribution in [2.24, 2.45) is 7.05 Å². The first-order chi connectivity index (χ1) is 10.1. The quantitative estimate of drug-likeness (QED) is 0.829. The van der Waals surface area contributed by atoms with Gasteiger partial charge in [-0.1, -0.05) is 0 Å². The highest BCUT2D eigenvalue weighted by atomic mass is 32.2. The maximum atomic E-state index is 12.5. The van der Waals surface area contributed by atoms with Crippen LogP contribution in [0.25, 0.3) is 0 Å². The maximum Gasteiger partial charge on any atom is 0.246 e. The summed E-state index contributed by atoms with van der Waals surface area (Å²) in [5.74, 6) is 0.656. The molecule has 0 N–H and O–H groups in total. The molecule has 1 atom stereocenters. The zero-order valence-electron chi connectivity index (χ0n) is 11.6. The van der Waals surface area contributed by atoms with Gasteiger partial charge >= 0.3 is 0 Å². The van der Waals surface area contributed by atoms with Gasteiger partial charge in [0.15, 0.2) is 0 Å². The third-order valence-corrected chi connectivity index (χ3v) is 5.18. The molecule has 21 heavy (non-hydrogen) atoms. The van der Waals surface area contributed by atoms with E-state index >= 15 is 0 Å². The minimum atomic E-state index is -3.49. The third kappa shape index (κ3) is 2.91. The molecule has 0 aliphatic carbocycles. The molecule has 0 amide bonds. The number of ether oxygens (including phenoxy) is 1. The fraction of sp³-hybridized carbons (Fsp3) is 0.385.